The molecular weight excluding hydrogens is 308 g/mol. The number of sulfonamides is 1. The maximum Gasteiger partial charge on any atom is 0.240 e. The Kier molecular flexibility index (Phi) is 4.85. The van der Waals surface area contributed by atoms with Crippen molar-refractivity contribution in [1.82, 2.24) is 4.72 Å². The number of nitrogens with two attached hydrogens (primary N) is 1. The van der Waals surface area contributed by atoms with E-state index >= 15 is 0 Å². The summed E-state index contributed by atoms with van der Waals surface area (Å²) in [5.74, 6) is 0.937. The highest BCUT2D eigenvalue weighted by atomic mass is 35.5. The fourth-order valence-electron chi connectivity index (χ4n) is 3.09. The molecule has 21 heavy (non-hydrogen) atoms. The monoisotopic (exact) mass is 330 g/mol. The number of hydrogen-bond acceptors (Lipinski definition) is 3. The summed E-state index contributed by atoms with van der Waals surface area (Å²) in [6.07, 6.45) is 3.04. The lowest BCUT2D eigenvalue weighted by molar-refractivity contribution is 0.368. The number of nitrogen functional groups attached to an aromatic ring is 1. The molecule has 0 aliphatic heterocycles. The largest absolute Gasteiger partial charge is 0.398 e. The van der Waals surface area contributed by atoms with Crippen LogP contribution in [0.25, 0.3) is 0 Å². The quantitative estimate of drug-likeness (QED) is 0.832. The maximum absolute atomic E-state index is 12.5. The second-order valence-electron chi connectivity index (χ2n) is 5.95. The number of halogens is 1. The first kappa shape index (κ1) is 16.6. The van der Waals surface area contributed by atoms with Crippen LogP contribution in [0.4, 0.5) is 5.69 Å². The van der Waals surface area contributed by atoms with E-state index in [2.05, 4.69) is 18.6 Å². The third kappa shape index (κ3) is 3.35. The molecule has 0 heterocycles. The van der Waals surface area contributed by atoms with Crippen LogP contribution in [0.1, 0.15) is 38.7 Å². The smallest absolute Gasteiger partial charge is 0.240 e. The molecule has 0 amide bonds. The van der Waals surface area contributed by atoms with E-state index in [1.54, 1.807) is 6.92 Å². The lowest BCUT2D eigenvalue weighted by Crippen LogP contribution is -2.37. The summed E-state index contributed by atoms with van der Waals surface area (Å²) in [6, 6.07) is 2.92. The van der Waals surface area contributed by atoms with Gasteiger partial charge in [0.05, 0.1) is 4.90 Å². The highest BCUT2D eigenvalue weighted by molar-refractivity contribution is 7.89. The Morgan fingerprint density at radius 1 is 1.38 bits per heavy atom. The van der Waals surface area contributed by atoms with E-state index in [0.717, 1.165) is 19.3 Å². The van der Waals surface area contributed by atoms with E-state index in [4.69, 9.17) is 17.3 Å². The number of nitrogens with one attached hydrogen (secondary N) is 1. The van der Waals surface area contributed by atoms with Gasteiger partial charge in [-0.25, -0.2) is 13.1 Å². The van der Waals surface area contributed by atoms with Crippen LogP contribution in [0.3, 0.4) is 0 Å². The summed E-state index contributed by atoms with van der Waals surface area (Å²) in [5, 5.41) is 0.376. The lowest BCUT2D eigenvalue weighted by atomic mass is 9.94. The molecule has 1 fully saturated rings. The van der Waals surface area contributed by atoms with Crippen molar-refractivity contribution >= 4 is 27.3 Å². The van der Waals surface area contributed by atoms with Gasteiger partial charge in [0.2, 0.25) is 10.0 Å². The van der Waals surface area contributed by atoms with Crippen molar-refractivity contribution in [3.05, 3.63) is 22.7 Å². The van der Waals surface area contributed by atoms with Gasteiger partial charge in [0, 0.05) is 16.8 Å². The van der Waals surface area contributed by atoms with Crippen LogP contribution in [-0.4, -0.2) is 14.5 Å². The Morgan fingerprint density at radius 3 is 2.57 bits per heavy atom. The summed E-state index contributed by atoms with van der Waals surface area (Å²) in [6.45, 7) is 6.04. The van der Waals surface area contributed by atoms with Gasteiger partial charge >= 0.3 is 0 Å². The standard InChI is InChI=1S/C15H23ClN2O2S/c1-4-11-5-6-15(9(11)2)18-21(19,20)12-7-13(16)10(3)14(17)8-12/h7-9,11,15,18H,4-6,17H2,1-3H3. The van der Waals surface area contributed by atoms with Crippen molar-refractivity contribution in [1.29, 1.82) is 0 Å². The predicted molar refractivity (Wildman–Crippen MR) is 86.9 cm³/mol. The Labute approximate surface area is 132 Å². The van der Waals surface area contributed by atoms with Crippen LogP contribution < -0.4 is 10.5 Å². The average Bonchev–Trinajstić information content (AvgIpc) is 2.75. The summed E-state index contributed by atoms with van der Waals surface area (Å²) < 4.78 is 27.9. The minimum Gasteiger partial charge on any atom is -0.398 e. The molecule has 1 aliphatic rings. The van der Waals surface area contributed by atoms with Crippen LogP contribution in [0.2, 0.25) is 5.02 Å². The molecule has 0 spiro atoms. The van der Waals surface area contributed by atoms with Crippen molar-refractivity contribution in [3.8, 4) is 0 Å². The zero-order valence-corrected chi connectivity index (χ0v) is 14.3. The van der Waals surface area contributed by atoms with E-state index in [0.29, 0.717) is 28.1 Å². The summed E-state index contributed by atoms with van der Waals surface area (Å²) in [7, 11) is -3.58. The fraction of sp³-hybridized carbons (Fsp3) is 0.600. The van der Waals surface area contributed by atoms with Crippen molar-refractivity contribution in [2.45, 2.75) is 51.0 Å². The Morgan fingerprint density at radius 2 is 2.05 bits per heavy atom. The molecule has 0 radical (unpaired) electrons. The van der Waals surface area contributed by atoms with E-state index in [-0.39, 0.29) is 10.9 Å². The van der Waals surface area contributed by atoms with Crippen molar-refractivity contribution < 1.29 is 8.42 Å². The zero-order valence-electron chi connectivity index (χ0n) is 12.7. The number of rotatable bonds is 4. The fourth-order valence-corrected chi connectivity index (χ4v) is 4.80. The van der Waals surface area contributed by atoms with Gasteiger partial charge in [-0.3, -0.25) is 0 Å². The van der Waals surface area contributed by atoms with Crippen LogP contribution in [0.15, 0.2) is 17.0 Å². The molecule has 1 aliphatic carbocycles. The molecular formula is C15H23ClN2O2S. The third-order valence-corrected chi connectivity index (χ3v) is 6.59. The second kappa shape index (κ2) is 6.15. The number of anilines is 1. The van der Waals surface area contributed by atoms with E-state index in [9.17, 15) is 8.42 Å². The molecule has 3 unspecified atom stereocenters. The molecule has 1 aromatic carbocycles. The molecule has 3 N–H and O–H groups in total. The number of benzene rings is 1. The average molecular weight is 331 g/mol. The van der Waals surface area contributed by atoms with Crippen molar-refractivity contribution in [2.24, 2.45) is 11.8 Å². The van der Waals surface area contributed by atoms with Gasteiger partial charge in [-0.2, -0.15) is 0 Å². The first-order valence-corrected chi connectivity index (χ1v) is 9.20. The molecule has 4 nitrogen and oxygen atoms in total. The highest BCUT2D eigenvalue weighted by Crippen LogP contribution is 2.35. The van der Waals surface area contributed by atoms with Gasteiger partial charge in [-0.1, -0.05) is 31.9 Å². The van der Waals surface area contributed by atoms with Gasteiger partial charge in [0.25, 0.3) is 0 Å². The molecule has 0 saturated heterocycles. The predicted octanol–water partition coefficient (Wildman–Crippen LogP) is 3.33. The summed E-state index contributed by atoms with van der Waals surface area (Å²) >= 11 is 6.04. The van der Waals surface area contributed by atoms with Gasteiger partial charge in [0.1, 0.15) is 0 Å². The molecule has 118 valence electrons. The molecule has 1 aromatic rings. The van der Waals surface area contributed by atoms with Gasteiger partial charge < -0.3 is 5.73 Å². The molecule has 0 bridgehead atoms. The Balaban J connectivity index is 2.24. The van der Waals surface area contributed by atoms with Crippen LogP contribution in [0, 0.1) is 18.8 Å². The van der Waals surface area contributed by atoms with Crippen LogP contribution in [0.5, 0.6) is 0 Å². The lowest BCUT2D eigenvalue weighted by Gasteiger charge is -2.21. The normalized spacial score (nSPS) is 26.2. The van der Waals surface area contributed by atoms with E-state index < -0.39 is 10.0 Å². The Bertz CT molecular complexity index is 608. The zero-order chi connectivity index (χ0) is 15.8. The maximum atomic E-state index is 12.5. The summed E-state index contributed by atoms with van der Waals surface area (Å²) in [5.41, 5.74) is 6.92. The van der Waals surface area contributed by atoms with Crippen LogP contribution >= 0.6 is 11.6 Å². The topological polar surface area (TPSA) is 72.2 Å². The molecule has 6 heteroatoms. The van der Waals surface area contributed by atoms with Gasteiger partial charge in [0.15, 0.2) is 0 Å². The van der Waals surface area contributed by atoms with E-state index in [1.165, 1.54) is 12.1 Å². The first-order valence-electron chi connectivity index (χ1n) is 7.34. The van der Waals surface area contributed by atoms with Crippen molar-refractivity contribution in [3.63, 3.8) is 0 Å². The van der Waals surface area contributed by atoms with Gasteiger partial charge in [-0.15, -0.1) is 0 Å². The van der Waals surface area contributed by atoms with Crippen molar-refractivity contribution in [2.75, 3.05) is 5.73 Å². The number of hydrogen-bond donors (Lipinski definition) is 2. The second-order valence-corrected chi connectivity index (χ2v) is 8.07. The SMILES string of the molecule is CCC1CCC(NS(=O)(=O)c2cc(N)c(C)c(Cl)c2)C1C. The first-order chi connectivity index (χ1) is 9.76. The minimum atomic E-state index is -3.58. The Hall–Kier alpha value is -0.780. The molecule has 0 aromatic heterocycles. The summed E-state index contributed by atoms with van der Waals surface area (Å²) in [4.78, 5) is 0.141. The third-order valence-electron chi connectivity index (χ3n) is 4.73. The molecule has 1 saturated carbocycles. The van der Waals surface area contributed by atoms with E-state index in [1.807, 2.05) is 0 Å². The minimum absolute atomic E-state index is 0.0127. The molecule has 3 atom stereocenters. The van der Waals surface area contributed by atoms with Crippen LogP contribution in [-0.2, 0) is 10.0 Å². The van der Waals surface area contributed by atoms with Gasteiger partial charge in [-0.05, 0) is 49.3 Å². The highest BCUT2D eigenvalue weighted by Gasteiger charge is 2.34. The molecule has 2 rings (SSSR count).